The van der Waals surface area contributed by atoms with E-state index < -0.39 is 5.97 Å². The van der Waals surface area contributed by atoms with E-state index in [1.54, 1.807) is 6.92 Å². The molecule has 0 aromatic carbocycles. The minimum Gasteiger partial charge on any atom is -0.486 e. The third-order valence-electron chi connectivity index (χ3n) is 2.88. The van der Waals surface area contributed by atoms with Gasteiger partial charge in [0.25, 0.3) is 0 Å². The van der Waals surface area contributed by atoms with E-state index in [1.165, 1.54) is 4.68 Å². The van der Waals surface area contributed by atoms with Gasteiger partial charge in [0, 0.05) is 0 Å². The normalized spacial score (nSPS) is 13.7. The number of ether oxygens (including phenoxy) is 1. The highest BCUT2D eigenvalue weighted by Crippen LogP contribution is 2.34. The standard InChI is InChI=1S/C14H23N2O3/c1-8(2)19-12-9(3)15-16(11(12)13(17)18)10(4)14(5,6)7/h8,10H,4H2,1-3,5-7H3,(H,17,18). The molecule has 0 aliphatic heterocycles. The molecule has 107 valence electrons. The van der Waals surface area contributed by atoms with Gasteiger partial charge in [-0.2, -0.15) is 5.10 Å². The Morgan fingerprint density at radius 3 is 2.32 bits per heavy atom. The van der Waals surface area contributed by atoms with Gasteiger partial charge in [0.05, 0.1) is 12.1 Å². The molecule has 0 aliphatic carbocycles. The summed E-state index contributed by atoms with van der Waals surface area (Å²) in [4.78, 5) is 11.5. The molecule has 1 unspecified atom stereocenters. The monoisotopic (exact) mass is 267 g/mol. The molecule has 1 rings (SSSR count). The van der Waals surface area contributed by atoms with Crippen LogP contribution in [0.4, 0.5) is 0 Å². The number of hydrogen-bond donors (Lipinski definition) is 1. The lowest BCUT2D eigenvalue weighted by atomic mass is 9.88. The minimum atomic E-state index is -1.05. The van der Waals surface area contributed by atoms with E-state index in [1.807, 2.05) is 34.6 Å². The molecule has 0 amide bonds. The zero-order chi connectivity index (χ0) is 15.0. The number of carboxylic acids is 1. The molecule has 1 radical (unpaired) electrons. The molecule has 0 saturated carbocycles. The van der Waals surface area contributed by atoms with E-state index in [0.717, 1.165) is 0 Å². The highest BCUT2D eigenvalue weighted by Gasteiger charge is 2.31. The van der Waals surface area contributed by atoms with Crippen LogP contribution in [-0.4, -0.2) is 27.0 Å². The van der Waals surface area contributed by atoms with E-state index in [-0.39, 0.29) is 23.3 Å². The Morgan fingerprint density at radius 1 is 1.42 bits per heavy atom. The molecule has 1 atom stereocenters. The van der Waals surface area contributed by atoms with Gasteiger partial charge in [0.1, 0.15) is 5.69 Å². The van der Waals surface area contributed by atoms with Crippen molar-refractivity contribution in [2.75, 3.05) is 0 Å². The Balaban J connectivity index is 3.38. The van der Waals surface area contributed by atoms with E-state index in [2.05, 4.69) is 12.0 Å². The molecule has 0 fully saturated rings. The number of rotatable bonds is 4. The molecule has 5 heteroatoms. The van der Waals surface area contributed by atoms with Gasteiger partial charge in [-0.05, 0) is 33.1 Å². The first kappa shape index (κ1) is 15.5. The molecule has 5 nitrogen and oxygen atoms in total. The van der Waals surface area contributed by atoms with E-state index >= 15 is 0 Å². The summed E-state index contributed by atoms with van der Waals surface area (Å²) in [6, 6.07) is -0.290. The summed E-state index contributed by atoms with van der Waals surface area (Å²) < 4.78 is 7.04. The van der Waals surface area contributed by atoms with Gasteiger partial charge in [-0.25, -0.2) is 4.79 Å². The fraction of sp³-hybridized carbons (Fsp3) is 0.643. The van der Waals surface area contributed by atoms with Crippen molar-refractivity contribution in [3.63, 3.8) is 0 Å². The van der Waals surface area contributed by atoms with Crippen LogP contribution in [0.2, 0.25) is 0 Å². The Morgan fingerprint density at radius 2 is 1.95 bits per heavy atom. The lowest BCUT2D eigenvalue weighted by molar-refractivity contribution is 0.0669. The molecule has 0 spiro atoms. The average molecular weight is 267 g/mol. The fourth-order valence-electron chi connectivity index (χ4n) is 1.70. The second-order valence-corrected chi connectivity index (χ2v) is 6.06. The lowest BCUT2D eigenvalue weighted by Gasteiger charge is -2.28. The van der Waals surface area contributed by atoms with Gasteiger partial charge in [0.15, 0.2) is 11.4 Å². The second-order valence-electron chi connectivity index (χ2n) is 6.06. The molecule has 0 bridgehead atoms. The number of carbonyl (C=O) groups is 1. The molecule has 1 aromatic heterocycles. The minimum absolute atomic E-state index is 0.0705. The fourth-order valence-corrected chi connectivity index (χ4v) is 1.70. The summed E-state index contributed by atoms with van der Waals surface area (Å²) >= 11 is 0. The van der Waals surface area contributed by atoms with Crippen LogP contribution in [0.1, 0.15) is 56.8 Å². The molecule has 1 aromatic rings. The van der Waals surface area contributed by atoms with E-state index in [9.17, 15) is 9.90 Å². The number of aromatic nitrogens is 2. The van der Waals surface area contributed by atoms with Crippen LogP contribution in [0.25, 0.3) is 0 Å². The summed E-state index contributed by atoms with van der Waals surface area (Å²) in [6.07, 6.45) is -0.104. The number of aryl methyl sites for hydroxylation is 1. The highest BCUT2D eigenvalue weighted by molar-refractivity contribution is 5.89. The van der Waals surface area contributed by atoms with Gasteiger partial charge in [-0.3, -0.25) is 4.68 Å². The SMILES string of the molecule is [CH2]C(n1nc(C)c(OC(C)C)c1C(=O)O)C(C)(C)C. The molecule has 0 saturated heterocycles. The van der Waals surface area contributed by atoms with Crippen LogP contribution in [0, 0.1) is 19.3 Å². The van der Waals surface area contributed by atoms with Gasteiger partial charge in [-0.1, -0.05) is 20.8 Å². The lowest BCUT2D eigenvalue weighted by Crippen LogP contribution is -2.26. The first-order valence-corrected chi connectivity index (χ1v) is 6.37. The largest absolute Gasteiger partial charge is 0.486 e. The topological polar surface area (TPSA) is 64.4 Å². The maximum atomic E-state index is 11.5. The number of nitrogens with zero attached hydrogens (tertiary/aromatic N) is 2. The Labute approximate surface area is 114 Å². The summed E-state index contributed by atoms with van der Waals surface area (Å²) in [6.45, 7) is 15.5. The number of carboxylic acid groups (broad SMARTS) is 1. The Kier molecular flexibility index (Phi) is 4.28. The van der Waals surface area contributed by atoms with Crippen LogP contribution in [-0.2, 0) is 0 Å². The van der Waals surface area contributed by atoms with Crippen LogP contribution in [0.3, 0.4) is 0 Å². The first-order valence-electron chi connectivity index (χ1n) is 6.37. The maximum absolute atomic E-state index is 11.5. The van der Waals surface area contributed by atoms with Crippen LogP contribution in [0.15, 0.2) is 0 Å². The number of aromatic carboxylic acids is 1. The average Bonchev–Trinajstić information content (AvgIpc) is 2.53. The third-order valence-corrected chi connectivity index (χ3v) is 2.88. The van der Waals surface area contributed by atoms with Gasteiger partial charge in [0.2, 0.25) is 0 Å². The quantitative estimate of drug-likeness (QED) is 0.910. The van der Waals surface area contributed by atoms with E-state index in [0.29, 0.717) is 11.4 Å². The van der Waals surface area contributed by atoms with Crippen molar-refractivity contribution >= 4 is 5.97 Å². The third kappa shape index (κ3) is 3.28. The second kappa shape index (κ2) is 5.23. The number of hydrogen-bond acceptors (Lipinski definition) is 3. The zero-order valence-corrected chi connectivity index (χ0v) is 12.5. The molecule has 1 heterocycles. The van der Waals surface area contributed by atoms with Crippen molar-refractivity contribution in [2.24, 2.45) is 5.41 Å². The van der Waals surface area contributed by atoms with Crippen LogP contribution >= 0.6 is 0 Å². The summed E-state index contributed by atoms with van der Waals surface area (Å²) in [5.74, 6) is -0.713. The highest BCUT2D eigenvalue weighted by atomic mass is 16.5. The summed E-state index contributed by atoms with van der Waals surface area (Å²) in [5, 5.41) is 13.7. The molecular formula is C14H23N2O3. The smallest absolute Gasteiger partial charge is 0.358 e. The molecule has 0 aliphatic rings. The van der Waals surface area contributed by atoms with E-state index in [4.69, 9.17) is 4.74 Å². The van der Waals surface area contributed by atoms with Gasteiger partial charge in [-0.15, -0.1) is 0 Å². The molecule has 1 N–H and O–H groups in total. The van der Waals surface area contributed by atoms with Crippen molar-refractivity contribution in [3.8, 4) is 5.75 Å². The zero-order valence-electron chi connectivity index (χ0n) is 12.5. The van der Waals surface area contributed by atoms with Crippen molar-refractivity contribution in [1.82, 2.24) is 9.78 Å². The van der Waals surface area contributed by atoms with Crippen molar-refractivity contribution in [2.45, 2.75) is 53.7 Å². The first-order chi connectivity index (χ1) is 8.55. The van der Waals surface area contributed by atoms with Crippen molar-refractivity contribution < 1.29 is 14.6 Å². The summed E-state index contributed by atoms with van der Waals surface area (Å²) in [7, 11) is 0. The molecular weight excluding hydrogens is 244 g/mol. The van der Waals surface area contributed by atoms with Gasteiger partial charge >= 0.3 is 5.97 Å². The Hall–Kier alpha value is -1.52. The van der Waals surface area contributed by atoms with Crippen molar-refractivity contribution in [3.05, 3.63) is 18.3 Å². The predicted molar refractivity (Wildman–Crippen MR) is 73.5 cm³/mol. The predicted octanol–water partition coefficient (Wildman–Crippen LogP) is 3.10. The molecule has 19 heavy (non-hydrogen) atoms. The van der Waals surface area contributed by atoms with Gasteiger partial charge < -0.3 is 9.84 Å². The van der Waals surface area contributed by atoms with Crippen molar-refractivity contribution in [1.29, 1.82) is 0 Å². The maximum Gasteiger partial charge on any atom is 0.358 e. The Bertz CT molecular complexity index is 470. The van der Waals surface area contributed by atoms with Crippen LogP contribution < -0.4 is 4.74 Å². The summed E-state index contributed by atoms with van der Waals surface area (Å²) in [5.41, 5.74) is 0.447. The van der Waals surface area contributed by atoms with Crippen LogP contribution in [0.5, 0.6) is 5.75 Å².